The van der Waals surface area contributed by atoms with E-state index in [1.165, 1.54) is 10.4 Å². The van der Waals surface area contributed by atoms with Gasteiger partial charge in [0.05, 0.1) is 29.6 Å². The summed E-state index contributed by atoms with van der Waals surface area (Å²) in [7, 11) is 0. The van der Waals surface area contributed by atoms with Gasteiger partial charge in [0.15, 0.2) is 0 Å². The lowest BCUT2D eigenvalue weighted by molar-refractivity contribution is -0.148. The molecule has 0 amide bonds. The number of aromatic amines is 1. The monoisotopic (exact) mass is 393 g/mol. The van der Waals surface area contributed by atoms with Gasteiger partial charge in [-0.3, -0.25) is 9.89 Å². The predicted molar refractivity (Wildman–Crippen MR) is 109 cm³/mol. The second-order valence-electron chi connectivity index (χ2n) is 6.90. The van der Waals surface area contributed by atoms with Crippen molar-refractivity contribution in [2.45, 2.75) is 26.2 Å². The number of esters is 1. The number of anilines is 2. The minimum atomic E-state index is -0.0940. The van der Waals surface area contributed by atoms with Crippen LogP contribution in [0.2, 0.25) is 0 Å². The standard InChI is InChI=1S/C20H19N5O2S/c1-2-27-20(26)11-3-5-14-16(8-11)28-19-17(14)18(21-10-22-19)24-13-4-6-15-12(7-13)9-23-25-15/h4,6-7,9-11H,2-3,5,8H2,1H3,(H,23,25)(H,21,22,24). The summed E-state index contributed by atoms with van der Waals surface area (Å²) in [6.45, 7) is 2.27. The quantitative estimate of drug-likeness (QED) is 0.510. The maximum absolute atomic E-state index is 12.2. The van der Waals surface area contributed by atoms with Crippen molar-refractivity contribution in [3.05, 3.63) is 41.2 Å². The average Bonchev–Trinajstić information content (AvgIpc) is 3.31. The molecule has 142 valence electrons. The zero-order chi connectivity index (χ0) is 19.1. The predicted octanol–water partition coefficient (Wildman–Crippen LogP) is 3.98. The molecule has 7 nitrogen and oxygen atoms in total. The third-order valence-electron chi connectivity index (χ3n) is 5.17. The number of nitrogens with zero attached hydrogens (tertiary/aromatic N) is 3. The first kappa shape index (κ1) is 17.1. The van der Waals surface area contributed by atoms with E-state index in [1.54, 1.807) is 23.9 Å². The van der Waals surface area contributed by atoms with Gasteiger partial charge >= 0.3 is 5.97 Å². The number of hydrogen-bond donors (Lipinski definition) is 2. The number of carbonyl (C=O) groups excluding carboxylic acids is 1. The minimum Gasteiger partial charge on any atom is -0.466 e. The molecule has 1 aromatic carbocycles. The van der Waals surface area contributed by atoms with Gasteiger partial charge in [0, 0.05) is 16.0 Å². The highest BCUT2D eigenvalue weighted by atomic mass is 32.1. The number of hydrogen-bond acceptors (Lipinski definition) is 7. The van der Waals surface area contributed by atoms with Crippen molar-refractivity contribution in [2.24, 2.45) is 5.92 Å². The van der Waals surface area contributed by atoms with Crippen LogP contribution in [0.25, 0.3) is 21.1 Å². The van der Waals surface area contributed by atoms with E-state index >= 15 is 0 Å². The molecule has 1 aliphatic carbocycles. The van der Waals surface area contributed by atoms with Crippen LogP contribution in [0.1, 0.15) is 23.8 Å². The lowest BCUT2D eigenvalue weighted by Crippen LogP contribution is -2.23. The van der Waals surface area contributed by atoms with Crippen LogP contribution in [0, 0.1) is 5.92 Å². The number of H-pyrrole nitrogens is 1. The van der Waals surface area contributed by atoms with E-state index in [4.69, 9.17) is 4.74 Å². The van der Waals surface area contributed by atoms with Crippen molar-refractivity contribution in [1.29, 1.82) is 0 Å². The average molecular weight is 393 g/mol. The number of aromatic nitrogens is 4. The van der Waals surface area contributed by atoms with Crippen LogP contribution in [0.3, 0.4) is 0 Å². The summed E-state index contributed by atoms with van der Waals surface area (Å²) < 4.78 is 5.22. The van der Waals surface area contributed by atoms with E-state index in [1.807, 2.05) is 25.1 Å². The third kappa shape index (κ3) is 2.90. The molecule has 0 saturated carbocycles. The van der Waals surface area contributed by atoms with Crippen LogP contribution in [0.4, 0.5) is 11.5 Å². The maximum Gasteiger partial charge on any atom is 0.309 e. The number of rotatable bonds is 4. The lowest BCUT2D eigenvalue weighted by atomic mass is 9.88. The molecule has 5 rings (SSSR count). The Balaban J connectivity index is 1.50. The molecule has 1 unspecified atom stereocenters. The molecule has 28 heavy (non-hydrogen) atoms. The molecule has 2 N–H and O–H groups in total. The number of carbonyl (C=O) groups is 1. The second-order valence-corrected chi connectivity index (χ2v) is 7.98. The van der Waals surface area contributed by atoms with Crippen LogP contribution >= 0.6 is 11.3 Å². The zero-order valence-electron chi connectivity index (χ0n) is 15.4. The summed E-state index contributed by atoms with van der Waals surface area (Å²) in [6, 6.07) is 6.04. The van der Waals surface area contributed by atoms with Gasteiger partial charge in [-0.15, -0.1) is 11.3 Å². The van der Waals surface area contributed by atoms with Crippen molar-refractivity contribution in [3.63, 3.8) is 0 Å². The molecule has 3 heterocycles. The van der Waals surface area contributed by atoms with Gasteiger partial charge in [-0.05, 0) is 49.9 Å². The topological polar surface area (TPSA) is 92.8 Å². The summed E-state index contributed by atoms with van der Waals surface area (Å²) in [5.74, 6) is 0.650. The fraction of sp³-hybridized carbons (Fsp3) is 0.300. The van der Waals surface area contributed by atoms with Crippen LogP contribution in [-0.2, 0) is 22.4 Å². The molecular weight excluding hydrogens is 374 g/mol. The highest BCUT2D eigenvalue weighted by molar-refractivity contribution is 7.19. The van der Waals surface area contributed by atoms with Gasteiger partial charge in [-0.25, -0.2) is 9.97 Å². The van der Waals surface area contributed by atoms with Crippen molar-refractivity contribution in [1.82, 2.24) is 20.2 Å². The lowest BCUT2D eigenvalue weighted by Gasteiger charge is -2.20. The molecule has 0 aliphatic heterocycles. The Morgan fingerprint density at radius 1 is 1.39 bits per heavy atom. The van der Waals surface area contributed by atoms with Crippen LogP contribution in [0.5, 0.6) is 0 Å². The third-order valence-corrected chi connectivity index (χ3v) is 6.33. The normalized spacial score (nSPS) is 16.2. The second kappa shape index (κ2) is 6.87. The first-order valence-electron chi connectivity index (χ1n) is 9.35. The zero-order valence-corrected chi connectivity index (χ0v) is 16.2. The Bertz CT molecular complexity index is 1180. The first-order valence-corrected chi connectivity index (χ1v) is 10.2. The summed E-state index contributed by atoms with van der Waals surface area (Å²) in [5, 5.41) is 12.6. The van der Waals surface area contributed by atoms with E-state index in [0.717, 1.165) is 51.9 Å². The molecule has 3 aromatic heterocycles. The molecule has 0 saturated heterocycles. The molecule has 0 fully saturated rings. The number of aryl methyl sites for hydroxylation is 1. The summed E-state index contributed by atoms with van der Waals surface area (Å²) in [4.78, 5) is 23.3. The van der Waals surface area contributed by atoms with E-state index in [2.05, 4.69) is 25.5 Å². The van der Waals surface area contributed by atoms with Crippen molar-refractivity contribution in [2.75, 3.05) is 11.9 Å². The number of fused-ring (bicyclic) bond motifs is 4. The number of nitrogens with one attached hydrogen (secondary N) is 2. The van der Waals surface area contributed by atoms with Crippen LogP contribution in [0.15, 0.2) is 30.7 Å². The van der Waals surface area contributed by atoms with Crippen molar-refractivity contribution >= 4 is 49.9 Å². The molecule has 0 radical (unpaired) electrons. The molecule has 1 atom stereocenters. The fourth-order valence-electron chi connectivity index (χ4n) is 3.82. The Morgan fingerprint density at radius 3 is 3.21 bits per heavy atom. The van der Waals surface area contributed by atoms with Gasteiger partial charge in [-0.2, -0.15) is 5.10 Å². The van der Waals surface area contributed by atoms with Gasteiger partial charge < -0.3 is 10.1 Å². The molecule has 1 aliphatic rings. The Kier molecular flexibility index (Phi) is 4.20. The largest absolute Gasteiger partial charge is 0.466 e. The van der Waals surface area contributed by atoms with Crippen LogP contribution in [-0.4, -0.2) is 32.7 Å². The highest BCUT2D eigenvalue weighted by Crippen LogP contribution is 2.40. The Hall–Kier alpha value is -3.00. The van der Waals surface area contributed by atoms with Gasteiger partial charge in [0.25, 0.3) is 0 Å². The smallest absolute Gasteiger partial charge is 0.309 e. The molecule has 8 heteroatoms. The number of thiophene rings is 1. The maximum atomic E-state index is 12.2. The number of ether oxygens (including phenoxy) is 1. The Labute approximate surface area is 165 Å². The van der Waals surface area contributed by atoms with E-state index in [0.29, 0.717) is 6.61 Å². The molecule has 0 bridgehead atoms. The summed E-state index contributed by atoms with van der Waals surface area (Å²) in [6.07, 6.45) is 5.74. The number of benzene rings is 1. The summed E-state index contributed by atoms with van der Waals surface area (Å²) in [5.41, 5.74) is 3.21. The van der Waals surface area contributed by atoms with E-state index in [9.17, 15) is 4.79 Å². The molecule has 4 aromatic rings. The van der Waals surface area contributed by atoms with Gasteiger partial charge in [0.1, 0.15) is 17.0 Å². The Morgan fingerprint density at radius 2 is 2.32 bits per heavy atom. The summed E-state index contributed by atoms with van der Waals surface area (Å²) >= 11 is 1.65. The molecular formula is C20H19N5O2S. The molecule has 0 spiro atoms. The van der Waals surface area contributed by atoms with Gasteiger partial charge in [0.2, 0.25) is 0 Å². The minimum absolute atomic E-state index is 0.0617. The van der Waals surface area contributed by atoms with Gasteiger partial charge in [-0.1, -0.05) is 0 Å². The fourth-order valence-corrected chi connectivity index (χ4v) is 5.09. The highest BCUT2D eigenvalue weighted by Gasteiger charge is 2.29. The first-order chi connectivity index (χ1) is 13.7. The van der Waals surface area contributed by atoms with E-state index in [-0.39, 0.29) is 11.9 Å². The SMILES string of the molecule is CCOC(=O)C1CCc2c(sc3ncnc(Nc4ccc5[nH]ncc5c4)c23)C1. The van der Waals surface area contributed by atoms with Crippen molar-refractivity contribution in [3.8, 4) is 0 Å². The van der Waals surface area contributed by atoms with E-state index < -0.39 is 0 Å². The van der Waals surface area contributed by atoms with Crippen molar-refractivity contribution < 1.29 is 9.53 Å². The van der Waals surface area contributed by atoms with Crippen LogP contribution < -0.4 is 5.32 Å².